The van der Waals surface area contributed by atoms with Crippen LogP contribution in [0.15, 0.2) is 64.3 Å². The van der Waals surface area contributed by atoms with E-state index in [2.05, 4.69) is 4.99 Å². The van der Waals surface area contributed by atoms with Crippen LogP contribution in [0.25, 0.3) is 0 Å². The van der Waals surface area contributed by atoms with E-state index in [4.69, 9.17) is 25.8 Å². The fraction of sp³-hybridized carbons (Fsp3) is 0.250. The molecule has 1 atom stereocenters. The van der Waals surface area contributed by atoms with Crippen molar-refractivity contribution in [2.24, 2.45) is 4.99 Å². The fourth-order valence-corrected chi connectivity index (χ4v) is 4.78. The number of benzene rings is 2. The summed E-state index contributed by atoms with van der Waals surface area (Å²) in [4.78, 5) is 19.3. The molecule has 2 aliphatic rings. The van der Waals surface area contributed by atoms with Crippen LogP contribution in [-0.2, 0) is 16.1 Å². The van der Waals surface area contributed by atoms with Gasteiger partial charge in [-0.05, 0) is 54.6 Å². The molecule has 0 aromatic heterocycles. The number of rotatable bonds is 7. The Hall–Kier alpha value is -2.97. The molecule has 0 spiro atoms. The number of halogens is 2. The minimum absolute atomic E-state index is 0.117. The molecule has 2 heterocycles. The molecule has 2 aliphatic heterocycles. The molecule has 0 saturated carbocycles. The van der Waals surface area contributed by atoms with Crippen molar-refractivity contribution in [1.82, 2.24) is 4.90 Å². The van der Waals surface area contributed by atoms with E-state index in [0.717, 1.165) is 10.7 Å². The van der Waals surface area contributed by atoms with E-state index in [1.807, 2.05) is 16.5 Å². The van der Waals surface area contributed by atoms with Gasteiger partial charge in [0.1, 0.15) is 12.4 Å². The SMILES string of the molecule is CCOC(=O)C1=C(C)N=C2SC=CN2C1c1cc(Cl)c(OCc2cccc(F)c2)c(OC)c1. The van der Waals surface area contributed by atoms with Gasteiger partial charge in [0.25, 0.3) is 0 Å². The molecular weight excluding hydrogens is 467 g/mol. The van der Waals surface area contributed by atoms with Gasteiger partial charge in [-0.1, -0.05) is 35.5 Å². The van der Waals surface area contributed by atoms with Crippen molar-refractivity contribution in [3.05, 3.63) is 81.2 Å². The van der Waals surface area contributed by atoms with Crippen LogP contribution in [0, 0.1) is 5.82 Å². The lowest BCUT2D eigenvalue weighted by atomic mass is 9.94. The van der Waals surface area contributed by atoms with Gasteiger partial charge in [0.05, 0.1) is 36.1 Å². The number of aliphatic imine (C=N–C) groups is 1. The van der Waals surface area contributed by atoms with E-state index < -0.39 is 12.0 Å². The quantitative estimate of drug-likeness (QED) is 0.457. The highest BCUT2D eigenvalue weighted by Gasteiger charge is 2.38. The molecule has 2 aromatic rings. The van der Waals surface area contributed by atoms with Gasteiger partial charge in [0.2, 0.25) is 0 Å². The summed E-state index contributed by atoms with van der Waals surface area (Å²) in [5.41, 5.74) is 2.39. The Morgan fingerprint density at radius 2 is 2.12 bits per heavy atom. The molecule has 0 N–H and O–H groups in total. The number of ether oxygens (including phenoxy) is 3. The summed E-state index contributed by atoms with van der Waals surface area (Å²) >= 11 is 8.08. The summed E-state index contributed by atoms with van der Waals surface area (Å²) in [5, 5.41) is 2.97. The van der Waals surface area contributed by atoms with E-state index in [0.29, 0.717) is 33.4 Å². The van der Waals surface area contributed by atoms with Gasteiger partial charge < -0.3 is 19.1 Å². The zero-order valence-corrected chi connectivity index (χ0v) is 19.9. The third-order valence-electron chi connectivity index (χ3n) is 5.16. The molecule has 6 nitrogen and oxygen atoms in total. The second kappa shape index (κ2) is 9.89. The van der Waals surface area contributed by atoms with E-state index in [1.165, 1.54) is 31.0 Å². The zero-order chi connectivity index (χ0) is 23.5. The summed E-state index contributed by atoms with van der Waals surface area (Å²) in [6.45, 7) is 3.92. The molecule has 0 aliphatic carbocycles. The molecule has 4 rings (SSSR count). The molecular formula is C24H22ClFN2O4S. The van der Waals surface area contributed by atoms with Gasteiger partial charge >= 0.3 is 5.97 Å². The smallest absolute Gasteiger partial charge is 0.338 e. The molecule has 0 bridgehead atoms. The van der Waals surface area contributed by atoms with Crippen LogP contribution in [0.1, 0.15) is 31.0 Å². The molecule has 2 aromatic carbocycles. The first kappa shape index (κ1) is 23.2. The van der Waals surface area contributed by atoms with Crippen molar-refractivity contribution in [1.29, 1.82) is 0 Å². The normalized spacial score (nSPS) is 17.1. The van der Waals surface area contributed by atoms with Gasteiger partial charge in [-0.25, -0.2) is 14.2 Å². The molecule has 9 heteroatoms. The summed E-state index contributed by atoms with van der Waals surface area (Å²) in [5.74, 6) is -0.0460. The van der Waals surface area contributed by atoms with E-state index in [1.54, 1.807) is 38.1 Å². The van der Waals surface area contributed by atoms with Crippen molar-refractivity contribution in [2.75, 3.05) is 13.7 Å². The number of hydrogen-bond donors (Lipinski definition) is 0. The van der Waals surface area contributed by atoms with E-state index in [9.17, 15) is 9.18 Å². The van der Waals surface area contributed by atoms with Crippen LogP contribution in [0.4, 0.5) is 4.39 Å². The molecule has 33 heavy (non-hydrogen) atoms. The average molecular weight is 489 g/mol. The average Bonchev–Trinajstić information content (AvgIpc) is 3.25. The number of nitrogens with zero attached hydrogens (tertiary/aromatic N) is 2. The van der Waals surface area contributed by atoms with Gasteiger partial charge in [-0.2, -0.15) is 0 Å². The predicted octanol–water partition coefficient (Wildman–Crippen LogP) is 5.83. The van der Waals surface area contributed by atoms with Crippen LogP contribution >= 0.6 is 23.4 Å². The molecule has 1 unspecified atom stereocenters. The number of allylic oxidation sites excluding steroid dienone is 1. The Morgan fingerprint density at radius 3 is 2.85 bits per heavy atom. The van der Waals surface area contributed by atoms with Crippen molar-refractivity contribution >= 4 is 34.5 Å². The topological polar surface area (TPSA) is 60.4 Å². The van der Waals surface area contributed by atoms with E-state index in [-0.39, 0.29) is 19.0 Å². The summed E-state index contributed by atoms with van der Waals surface area (Å²) in [6.07, 6.45) is 1.87. The first-order chi connectivity index (χ1) is 15.9. The second-order valence-corrected chi connectivity index (χ2v) is 8.56. The third-order valence-corrected chi connectivity index (χ3v) is 6.21. The Morgan fingerprint density at radius 1 is 1.30 bits per heavy atom. The maximum Gasteiger partial charge on any atom is 0.338 e. The highest BCUT2D eigenvalue weighted by Crippen LogP contribution is 2.45. The number of carbonyl (C=O) groups is 1. The number of fused-ring (bicyclic) bond motifs is 1. The molecule has 0 fully saturated rings. The van der Waals surface area contributed by atoms with Gasteiger partial charge in [0.15, 0.2) is 16.7 Å². The zero-order valence-electron chi connectivity index (χ0n) is 18.3. The first-order valence-electron chi connectivity index (χ1n) is 10.3. The maximum absolute atomic E-state index is 13.5. The number of methoxy groups -OCH3 is 1. The summed E-state index contributed by atoms with van der Waals surface area (Å²) in [6, 6.07) is 9.17. The van der Waals surface area contributed by atoms with Gasteiger partial charge in [-0.3, -0.25) is 0 Å². The van der Waals surface area contributed by atoms with Gasteiger partial charge in [-0.15, -0.1) is 0 Å². The highest BCUT2D eigenvalue weighted by molar-refractivity contribution is 8.16. The lowest BCUT2D eigenvalue weighted by Gasteiger charge is -2.33. The van der Waals surface area contributed by atoms with Crippen molar-refractivity contribution in [3.63, 3.8) is 0 Å². The predicted molar refractivity (Wildman–Crippen MR) is 127 cm³/mol. The minimum atomic E-state index is -0.494. The van der Waals surface area contributed by atoms with E-state index >= 15 is 0 Å². The van der Waals surface area contributed by atoms with Crippen LogP contribution in [-0.4, -0.2) is 29.8 Å². The third kappa shape index (κ3) is 4.72. The number of thioether (sulfide) groups is 1. The lowest BCUT2D eigenvalue weighted by molar-refractivity contribution is -0.139. The fourth-order valence-electron chi connectivity index (χ4n) is 3.72. The maximum atomic E-state index is 13.5. The van der Waals surface area contributed by atoms with Crippen molar-refractivity contribution in [3.8, 4) is 11.5 Å². The number of esters is 1. The van der Waals surface area contributed by atoms with Gasteiger partial charge in [0, 0.05) is 6.20 Å². The Kier molecular flexibility index (Phi) is 6.95. The molecule has 0 radical (unpaired) electrons. The molecule has 0 saturated heterocycles. The van der Waals surface area contributed by atoms with Crippen molar-refractivity contribution in [2.45, 2.75) is 26.5 Å². The Bertz CT molecular complexity index is 1180. The number of hydrogen-bond acceptors (Lipinski definition) is 7. The lowest BCUT2D eigenvalue weighted by Crippen LogP contribution is -2.34. The Balaban J connectivity index is 1.71. The van der Waals surface area contributed by atoms with Crippen LogP contribution in [0.2, 0.25) is 5.02 Å². The Labute approximate surface area is 200 Å². The monoisotopic (exact) mass is 488 g/mol. The minimum Gasteiger partial charge on any atom is -0.493 e. The van der Waals surface area contributed by atoms with Crippen LogP contribution in [0.3, 0.4) is 0 Å². The summed E-state index contributed by atoms with van der Waals surface area (Å²) < 4.78 is 30.3. The van der Waals surface area contributed by atoms with Crippen LogP contribution < -0.4 is 9.47 Å². The van der Waals surface area contributed by atoms with Crippen molar-refractivity contribution < 1.29 is 23.4 Å². The van der Waals surface area contributed by atoms with Crippen LogP contribution in [0.5, 0.6) is 11.5 Å². The largest absolute Gasteiger partial charge is 0.493 e. The second-order valence-electron chi connectivity index (χ2n) is 7.28. The number of carbonyl (C=O) groups excluding carboxylic acids is 1. The molecule has 0 amide bonds. The number of amidine groups is 1. The highest BCUT2D eigenvalue weighted by atomic mass is 35.5. The summed E-state index contributed by atoms with van der Waals surface area (Å²) in [7, 11) is 1.51. The standard InChI is InChI=1S/C24H22ClFN2O4S/c1-4-31-23(29)20-14(2)27-24-28(8-9-33-24)21(20)16-11-18(25)22(19(12-16)30-3)32-13-15-6-5-7-17(26)10-15/h5-12,21H,4,13H2,1-3H3. The molecule has 172 valence electrons. The first-order valence-corrected chi connectivity index (χ1v) is 11.5.